The zero-order chi connectivity index (χ0) is 18.0. The predicted octanol–water partition coefficient (Wildman–Crippen LogP) is -0.397. The molecule has 0 aromatic rings. The molecule has 0 bridgehead atoms. The van der Waals surface area contributed by atoms with Gasteiger partial charge in [-0.2, -0.15) is 0 Å². The van der Waals surface area contributed by atoms with Crippen LogP contribution in [0.2, 0.25) is 0 Å². The van der Waals surface area contributed by atoms with E-state index in [4.69, 9.17) is 4.74 Å². The first kappa shape index (κ1) is 20.9. The van der Waals surface area contributed by atoms with E-state index in [2.05, 4.69) is 17.2 Å². The fourth-order valence-electron chi connectivity index (χ4n) is 1.42. The van der Waals surface area contributed by atoms with Gasteiger partial charge in [-0.25, -0.2) is 22.3 Å². The summed E-state index contributed by atoms with van der Waals surface area (Å²) in [5.41, 5.74) is 0.229. The van der Waals surface area contributed by atoms with Crippen LogP contribution in [0.4, 0.5) is 4.79 Å². The Hall–Kier alpha value is -2.10. The molecule has 0 aliphatic carbocycles. The number of carbonyl (C=O) groups is 3. The molecule has 3 amide bonds. The molecule has 0 saturated heterocycles. The molecule has 0 aliphatic rings. The Kier molecular flexibility index (Phi) is 8.93. The van der Waals surface area contributed by atoms with Crippen LogP contribution in [0.1, 0.15) is 20.3 Å². The highest BCUT2D eigenvalue weighted by Gasteiger charge is 2.22. The van der Waals surface area contributed by atoms with Crippen molar-refractivity contribution >= 4 is 27.9 Å². The topological polar surface area (TPSA) is 122 Å². The average molecular weight is 349 g/mol. The van der Waals surface area contributed by atoms with Gasteiger partial charge in [0.1, 0.15) is 6.61 Å². The molecule has 0 unspecified atom stereocenters. The summed E-state index contributed by atoms with van der Waals surface area (Å²) in [6.07, 6.45) is 1.19. The number of hydrogen-bond donors (Lipinski definition) is 2. The molecular weight excluding hydrogens is 326 g/mol. The van der Waals surface area contributed by atoms with Crippen LogP contribution in [-0.2, 0) is 24.3 Å². The number of carbonyl (C=O) groups excluding carboxylic acids is 3. The number of amides is 3. The first-order valence-corrected chi connectivity index (χ1v) is 8.73. The van der Waals surface area contributed by atoms with Crippen LogP contribution in [-0.4, -0.2) is 63.1 Å². The molecule has 23 heavy (non-hydrogen) atoms. The summed E-state index contributed by atoms with van der Waals surface area (Å²) in [7, 11) is -3.75. The molecule has 0 fully saturated rings. The quantitative estimate of drug-likeness (QED) is 0.332. The van der Waals surface area contributed by atoms with Gasteiger partial charge in [0.2, 0.25) is 15.9 Å². The number of sulfonamides is 1. The highest BCUT2D eigenvalue weighted by molar-refractivity contribution is 7.88. The maximum Gasteiger partial charge on any atom is 0.333 e. The van der Waals surface area contributed by atoms with Crippen molar-refractivity contribution in [1.29, 1.82) is 0 Å². The monoisotopic (exact) mass is 349 g/mol. The van der Waals surface area contributed by atoms with Gasteiger partial charge < -0.3 is 15.4 Å². The summed E-state index contributed by atoms with van der Waals surface area (Å²) in [6, 6.07) is -0.818. The van der Waals surface area contributed by atoms with Crippen LogP contribution in [0.15, 0.2) is 12.2 Å². The number of urea groups is 1. The minimum absolute atomic E-state index is 0.0322. The predicted molar refractivity (Wildman–Crippen MR) is 84.0 cm³/mol. The van der Waals surface area contributed by atoms with Crippen LogP contribution in [0.25, 0.3) is 0 Å². The fraction of sp³-hybridized carbons (Fsp3) is 0.615. The molecule has 9 nitrogen and oxygen atoms in total. The van der Waals surface area contributed by atoms with Crippen LogP contribution in [0.5, 0.6) is 0 Å². The second-order valence-corrected chi connectivity index (χ2v) is 6.73. The van der Waals surface area contributed by atoms with Crippen LogP contribution in [0, 0.1) is 0 Å². The number of nitrogens with one attached hydrogen (secondary N) is 2. The maximum atomic E-state index is 11.9. The molecule has 132 valence electrons. The van der Waals surface area contributed by atoms with Crippen LogP contribution < -0.4 is 10.6 Å². The van der Waals surface area contributed by atoms with Crippen molar-refractivity contribution in [3.8, 4) is 0 Å². The van der Waals surface area contributed by atoms with Gasteiger partial charge in [0.25, 0.3) is 0 Å². The normalized spacial score (nSPS) is 10.6. The molecule has 0 rings (SSSR count). The maximum absolute atomic E-state index is 11.9. The average Bonchev–Trinajstić information content (AvgIpc) is 2.40. The zero-order valence-electron chi connectivity index (χ0n) is 13.5. The SMILES string of the molecule is C=C(C)C(=O)OCCNC(=O)N(CCCNC(C)=O)S(C)(=O)=O. The van der Waals surface area contributed by atoms with Crippen molar-refractivity contribution < 1.29 is 27.5 Å². The van der Waals surface area contributed by atoms with E-state index in [0.717, 1.165) is 6.26 Å². The number of rotatable bonds is 9. The molecule has 0 saturated carbocycles. The molecule has 0 radical (unpaired) electrons. The van der Waals surface area contributed by atoms with Gasteiger partial charge in [-0.05, 0) is 13.3 Å². The molecular formula is C13H23N3O6S. The third-order valence-corrected chi connectivity index (χ3v) is 3.65. The van der Waals surface area contributed by atoms with Gasteiger partial charge in [0.15, 0.2) is 0 Å². The summed E-state index contributed by atoms with van der Waals surface area (Å²) in [5.74, 6) is -0.825. The van der Waals surface area contributed by atoms with Gasteiger partial charge in [-0.3, -0.25) is 4.79 Å². The molecule has 2 N–H and O–H groups in total. The molecule has 0 aromatic carbocycles. The standard InChI is InChI=1S/C13H23N3O6S/c1-10(2)12(18)22-9-7-15-13(19)16(23(4,20)21)8-5-6-14-11(3)17/h1,5-9H2,2-4H3,(H,14,17)(H,15,19). The summed E-state index contributed by atoms with van der Waals surface area (Å²) in [5, 5.41) is 4.86. The van der Waals surface area contributed by atoms with E-state index < -0.39 is 22.0 Å². The van der Waals surface area contributed by atoms with Crippen molar-refractivity contribution in [1.82, 2.24) is 14.9 Å². The van der Waals surface area contributed by atoms with Gasteiger partial charge in [0.05, 0.1) is 12.8 Å². The van der Waals surface area contributed by atoms with E-state index in [1.165, 1.54) is 13.8 Å². The third kappa shape index (κ3) is 9.51. The lowest BCUT2D eigenvalue weighted by atomic mass is 10.4. The zero-order valence-corrected chi connectivity index (χ0v) is 14.4. The lowest BCUT2D eigenvalue weighted by Gasteiger charge is -2.20. The Bertz CT molecular complexity index is 558. The Balaban J connectivity index is 4.34. The third-order valence-electron chi connectivity index (χ3n) is 2.50. The summed E-state index contributed by atoms with van der Waals surface area (Å²) >= 11 is 0. The van der Waals surface area contributed by atoms with Crippen molar-refractivity contribution in [2.75, 3.05) is 32.5 Å². The van der Waals surface area contributed by atoms with Crippen LogP contribution in [0.3, 0.4) is 0 Å². The minimum Gasteiger partial charge on any atom is -0.460 e. The van der Waals surface area contributed by atoms with Crippen molar-refractivity contribution in [2.45, 2.75) is 20.3 Å². The molecule has 0 aliphatic heterocycles. The van der Waals surface area contributed by atoms with E-state index >= 15 is 0 Å². The van der Waals surface area contributed by atoms with E-state index in [1.807, 2.05) is 0 Å². The molecule has 0 heterocycles. The Labute approximate surface area is 136 Å². The lowest BCUT2D eigenvalue weighted by Crippen LogP contribution is -2.45. The summed E-state index contributed by atoms with van der Waals surface area (Å²) in [6.45, 7) is 6.29. The number of hydrogen-bond acceptors (Lipinski definition) is 6. The number of nitrogens with zero attached hydrogens (tertiary/aromatic N) is 1. The number of ether oxygens (including phenoxy) is 1. The Morgan fingerprint density at radius 1 is 1.13 bits per heavy atom. The summed E-state index contributed by atoms with van der Waals surface area (Å²) < 4.78 is 28.7. The second-order valence-electron chi connectivity index (χ2n) is 4.82. The van der Waals surface area contributed by atoms with Gasteiger partial charge in [-0.15, -0.1) is 0 Å². The lowest BCUT2D eigenvalue weighted by molar-refractivity contribution is -0.138. The van der Waals surface area contributed by atoms with Gasteiger partial charge in [0, 0.05) is 25.6 Å². The van der Waals surface area contributed by atoms with E-state index in [-0.39, 0.29) is 44.1 Å². The van der Waals surface area contributed by atoms with Crippen molar-refractivity contribution in [2.24, 2.45) is 0 Å². The van der Waals surface area contributed by atoms with Crippen molar-refractivity contribution in [3.63, 3.8) is 0 Å². The second kappa shape index (κ2) is 9.82. The van der Waals surface area contributed by atoms with Crippen LogP contribution >= 0.6 is 0 Å². The van der Waals surface area contributed by atoms with E-state index in [0.29, 0.717) is 4.31 Å². The Morgan fingerprint density at radius 2 is 1.74 bits per heavy atom. The summed E-state index contributed by atoms with van der Waals surface area (Å²) in [4.78, 5) is 33.7. The van der Waals surface area contributed by atoms with Gasteiger partial charge in [-0.1, -0.05) is 6.58 Å². The first-order valence-electron chi connectivity index (χ1n) is 6.88. The van der Waals surface area contributed by atoms with Gasteiger partial charge >= 0.3 is 12.0 Å². The van der Waals surface area contributed by atoms with E-state index in [1.54, 1.807) is 0 Å². The van der Waals surface area contributed by atoms with E-state index in [9.17, 15) is 22.8 Å². The number of esters is 1. The molecule has 10 heteroatoms. The Morgan fingerprint density at radius 3 is 2.22 bits per heavy atom. The highest BCUT2D eigenvalue weighted by Crippen LogP contribution is 2.00. The highest BCUT2D eigenvalue weighted by atomic mass is 32.2. The minimum atomic E-state index is -3.75. The smallest absolute Gasteiger partial charge is 0.333 e. The molecule has 0 atom stereocenters. The molecule has 0 spiro atoms. The fourth-order valence-corrected chi connectivity index (χ4v) is 2.24. The van der Waals surface area contributed by atoms with Crippen molar-refractivity contribution in [3.05, 3.63) is 12.2 Å². The molecule has 0 aromatic heterocycles. The first-order chi connectivity index (χ1) is 10.6. The largest absolute Gasteiger partial charge is 0.460 e.